The summed E-state index contributed by atoms with van der Waals surface area (Å²) in [6, 6.07) is 10.8. The zero-order valence-corrected chi connectivity index (χ0v) is 12.4. The van der Waals surface area contributed by atoms with E-state index in [-0.39, 0.29) is 11.6 Å². The molecule has 7 heteroatoms. The van der Waals surface area contributed by atoms with Crippen LogP contribution in [0.3, 0.4) is 0 Å². The zero-order valence-electron chi connectivity index (χ0n) is 12.4. The number of nitrogens with one attached hydrogen (secondary N) is 1. The molecule has 2 aromatic rings. The molecule has 0 unspecified atom stereocenters. The van der Waals surface area contributed by atoms with Gasteiger partial charge in [-0.25, -0.2) is 4.98 Å². The third-order valence-electron chi connectivity index (χ3n) is 3.75. The predicted octanol–water partition coefficient (Wildman–Crippen LogP) is 2.73. The highest BCUT2D eigenvalue weighted by Crippen LogP contribution is 2.22. The van der Waals surface area contributed by atoms with Crippen LogP contribution >= 0.6 is 0 Å². The first-order valence-electron chi connectivity index (χ1n) is 7.37. The molecule has 0 atom stereocenters. The normalized spacial score (nSPS) is 14.1. The fraction of sp³-hybridized carbons (Fsp3) is 0.250. The number of amides is 1. The first-order chi connectivity index (χ1) is 11.1. The molecule has 0 saturated carbocycles. The average molecular weight is 312 g/mol. The van der Waals surface area contributed by atoms with Gasteiger partial charge in [-0.1, -0.05) is 12.1 Å². The molecule has 23 heavy (non-hydrogen) atoms. The summed E-state index contributed by atoms with van der Waals surface area (Å²) in [7, 11) is 0. The van der Waals surface area contributed by atoms with Gasteiger partial charge in [-0.3, -0.25) is 14.9 Å². The number of rotatable bonds is 5. The summed E-state index contributed by atoms with van der Waals surface area (Å²) in [4.78, 5) is 27.6. The van der Waals surface area contributed by atoms with Crippen LogP contribution in [0.15, 0.2) is 42.6 Å². The van der Waals surface area contributed by atoms with Crippen LogP contribution in [-0.2, 0) is 11.3 Å². The van der Waals surface area contributed by atoms with Gasteiger partial charge < -0.3 is 10.2 Å². The molecular formula is C16H16N4O3. The molecule has 2 heterocycles. The van der Waals surface area contributed by atoms with E-state index >= 15 is 0 Å². The zero-order chi connectivity index (χ0) is 16.2. The average Bonchev–Trinajstić information content (AvgIpc) is 3.00. The van der Waals surface area contributed by atoms with Gasteiger partial charge in [0.05, 0.1) is 4.92 Å². The number of carbonyl (C=O) groups excluding carboxylic acids is 1. The molecule has 1 aromatic carbocycles. The molecule has 1 fully saturated rings. The second kappa shape index (κ2) is 6.43. The summed E-state index contributed by atoms with van der Waals surface area (Å²) in [5, 5.41) is 13.7. The van der Waals surface area contributed by atoms with E-state index in [2.05, 4.69) is 10.3 Å². The van der Waals surface area contributed by atoms with Crippen molar-refractivity contribution in [3.63, 3.8) is 0 Å². The molecule has 0 spiro atoms. The van der Waals surface area contributed by atoms with Crippen molar-refractivity contribution in [1.82, 2.24) is 4.98 Å². The van der Waals surface area contributed by atoms with Crippen LogP contribution in [0, 0.1) is 10.1 Å². The highest BCUT2D eigenvalue weighted by molar-refractivity contribution is 5.95. The van der Waals surface area contributed by atoms with Crippen molar-refractivity contribution in [2.75, 3.05) is 16.8 Å². The molecule has 0 aliphatic carbocycles. The van der Waals surface area contributed by atoms with Gasteiger partial charge in [0.25, 0.3) is 5.69 Å². The first-order valence-corrected chi connectivity index (χ1v) is 7.37. The van der Waals surface area contributed by atoms with Crippen molar-refractivity contribution in [2.45, 2.75) is 19.4 Å². The van der Waals surface area contributed by atoms with Gasteiger partial charge in [0, 0.05) is 31.3 Å². The van der Waals surface area contributed by atoms with E-state index < -0.39 is 4.92 Å². The highest BCUT2D eigenvalue weighted by atomic mass is 16.6. The molecule has 0 radical (unpaired) electrons. The maximum absolute atomic E-state index is 11.7. The summed E-state index contributed by atoms with van der Waals surface area (Å²) < 4.78 is 0. The van der Waals surface area contributed by atoms with Crippen molar-refractivity contribution in [2.24, 2.45) is 0 Å². The van der Waals surface area contributed by atoms with Crippen LogP contribution in [0.5, 0.6) is 0 Å². The van der Waals surface area contributed by atoms with Crippen LogP contribution in [-0.4, -0.2) is 22.4 Å². The first kappa shape index (κ1) is 15.0. The molecule has 118 valence electrons. The van der Waals surface area contributed by atoms with E-state index in [4.69, 9.17) is 0 Å². The number of hydrogen-bond acceptors (Lipinski definition) is 5. The minimum atomic E-state index is -0.477. The third-order valence-corrected chi connectivity index (χ3v) is 3.75. The Morgan fingerprint density at radius 3 is 2.57 bits per heavy atom. The molecule has 0 bridgehead atoms. The van der Waals surface area contributed by atoms with E-state index in [1.807, 2.05) is 24.3 Å². The number of benzene rings is 1. The summed E-state index contributed by atoms with van der Waals surface area (Å²) in [5.74, 6) is 0.750. The highest BCUT2D eigenvalue weighted by Gasteiger charge is 2.21. The van der Waals surface area contributed by atoms with Gasteiger partial charge in [-0.15, -0.1) is 0 Å². The number of aromatic nitrogens is 1. The number of anilines is 2. The largest absolute Gasteiger partial charge is 0.366 e. The predicted molar refractivity (Wildman–Crippen MR) is 86.2 cm³/mol. The molecule has 1 saturated heterocycles. The number of nitro groups is 1. The smallest absolute Gasteiger partial charge is 0.287 e. The second-order valence-electron chi connectivity index (χ2n) is 5.33. The Hall–Kier alpha value is -2.96. The van der Waals surface area contributed by atoms with Crippen LogP contribution in [0.25, 0.3) is 0 Å². The summed E-state index contributed by atoms with van der Waals surface area (Å²) >= 11 is 0. The number of hydrogen-bond donors (Lipinski definition) is 1. The minimum absolute atomic E-state index is 0.0322. The second-order valence-corrected chi connectivity index (χ2v) is 5.33. The number of pyridine rings is 1. The lowest BCUT2D eigenvalue weighted by atomic mass is 10.2. The Labute approximate surface area is 133 Å². The minimum Gasteiger partial charge on any atom is -0.366 e. The molecule has 1 aromatic heterocycles. The van der Waals surface area contributed by atoms with Gasteiger partial charge in [-0.2, -0.15) is 0 Å². The Bertz CT molecular complexity index is 713. The van der Waals surface area contributed by atoms with Crippen LogP contribution in [0.2, 0.25) is 0 Å². The molecule has 1 N–H and O–H groups in total. The van der Waals surface area contributed by atoms with Crippen molar-refractivity contribution in [3.05, 3.63) is 58.3 Å². The van der Waals surface area contributed by atoms with Crippen molar-refractivity contribution >= 4 is 23.1 Å². The van der Waals surface area contributed by atoms with Crippen LogP contribution in [0.1, 0.15) is 18.4 Å². The van der Waals surface area contributed by atoms with E-state index in [9.17, 15) is 14.9 Å². The van der Waals surface area contributed by atoms with Gasteiger partial charge in [-0.05, 0) is 30.2 Å². The van der Waals surface area contributed by atoms with E-state index in [0.717, 1.165) is 24.2 Å². The lowest BCUT2D eigenvalue weighted by Crippen LogP contribution is -2.23. The van der Waals surface area contributed by atoms with Gasteiger partial charge in [0.1, 0.15) is 12.0 Å². The van der Waals surface area contributed by atoms with Crippen LogP contribution in [0.4, 0.5) is 17.2 Å². The molecule has 1 aliphatic rings. The van der Waals surface area contributed by atoms with Crippen LogP contribution < -0.4 is 10.2 Å². The summed E-state index contributed by atoms with van der Waals surface area (Å²) in [5.41, 5.74) is 1.93. The number of nitrogens with zero attached hydrogens (tertiary/aromatic N) is 3. The maximum atomic E-state index is 11.7. The molecule has 1 amide bonds. The quantitative estimate of drug-likeness (QED) is 0.677. The van der Waals surface area contributed by atoms with E-state index in [1.54, 1.807) is 11.0 Å². The van der Waals surface area contributed by atoms with Gasteiger partial charge in [0.2, 0.25) is 5.91 Å². The number of carbonyl (C=O) groups is 1. The Balaban J connectivity index is 1.60. The fourth-order valence-electron chi connectivity index (χ4n) is 2.51. The Kier molecular flexibility index (Phi) is 4.18. The van der Waals surface area contributed by atoms with Crippen molar-refractivity contribution in [1.29, 1.82) is 0 Å². The summed E-state index contributed by atoms with van der Waals surface area (Å²) in [6.45, 7) is 1.34. The third kappa shape index (κ3) is 3.45. The molecule has 3 rings (SSSR count). The SMILES string of the molecule is O=C1CCCN1c1ccc(CNc2ccc([N+](=O)[O-])cn2)cc1. The van der Waals surface area contributed by atoms with Crippen molar-refractivity contribution in [3.8, 4) is 0 Å². The van der Waals surface area contributed by atoms with E-state index in [0.29, 0.717) is 18.8 Å². The molecule has 1 aliphatic heterocycles. The maximum Gasteiger partial charge on any atom is 0.287 e. The lowest BCUT2D eigenvalue weighted by Gasteiger charge is -2.16. The molecule has 7 nitrogen and oxygen atoms in total. The standard InChI is InChI=1S/C16H16N4O3/c21-16-2-1-9-19(16)13-5-3-12(4-6-13)10-17-15-8-7-14(11-18-15)20(22)23/h3-8,11H,1-2,9-10H2,(H,17,18). The molecular weight excluding hydrogens is 296 g/mol. The lowest BCUT2D eigenvalue weighted by molar-refractivity contribution is -0.385. The van der Waals surface area contributed by atoms with E-state index in [1.165, 1.54) is 12.3 Å². The van der Waals surface area contributed by atoms with Crippen molar-refractivity contribution < 1.29 is 9.72 Å². The van der Waals surface area contributed by atoms with Gasteiger partial charge in [0.15, 0.2) is 0 Å². The Morgan fingerprint density at radius 1 is 1.22 bits per heavy atom. The Morgan fingerprint density at radius 2 is 2.00 bits per heavy atom. The van der Waals surface area contributed by atoms with Gasteiger partial charge >= 0.3 is 0 Å². The summed E-state index contributed by atoms with van der Waals surface area (Å²) in [6.07, 6.45) is 2.76. The topological polar surface area (TPSA) is 88.4 Å². The monoisotopic (exact) mass is 312 g/mol. The fourth-order valence-corrected chi connectivity index (χ4v) is 2.51.